The van der Waals surface area contributed by atoms with Crippen LogP contribution in [0, 0.1) is 23.7 Å². The quantitative estimate of drug-likeness (QED) is 0.485. The van der Waals surface area contributed by atoms with Crippen LogP contribution in [0.15, 0.2) is 54.6 Å². The fourth-order valence-corrected chi connectivity index (χ4v) is 6.10. The molecular formula is C21H15NO2S. The van der Waals surface area contributed by atoms with Gasteiger partial charge in [0.05, 0.1) is 17.5 Å². The first kappa shape index (κ1) is 13.8. The molecule has 6 rings (SSSR count). The van der Waals surface area contributed by atoms with Crippen LogP contribution >= 0.6 is 11.3 Å². The topological polar surface area (TPSA) is 37.4 Å². The summed E-state index contributed by atoms with van der Waals surface area (Å²) in [5.41, 5.74) is 0.722. The predicted molar refractivity (Wildman–Crippen MR) is 99.5 cm³/mol. The highest BCUT2D eigenvalue weighted by Crippen LogP contribution is 2.53. The summed E-state index contributed by atoms with van der Waals surface area (Å²) in [5.74, 6) is 0.204. The van der Waals surface area contributed by atoms with Crippen LogP contribution in [-0.2, 0) is 9.59 Å². The fraction of sp³-hybridized carbons (Fsp3) is 0.238. The number of allylic oxidation sites excluding steroid dienone is 2. The number of hydrogen-bond donors (Lipinski definition) is 0. The molecule has 2 fully saturated rings. The van der Waals surface area contributed by atoms with Crippen LogP contribution in [0.25, 0.3) is 20.2 Å². The Labute approximate surface area is 148 Å². The number of imide groups is 1. The molecule has 122 valence electrons. The lowest BCUT2D eigenvalue weighted by molar-refractivity contribution is -0.123. The van der Waals surface area contributed by atoms with Gasteiger partial charge in [-0.05, 0) is 42.5 Å². The van der Waals surface area contributed by atoms with Gasteiger partial charge in [0.15, 0.2) is 0 Å². The first-order chi connectivity index (χ1) is 12.2. The van der Waals surface area contributed by atoms with Gasteiger partial charge in [-0.25, -0.2) is 4.90 Å². The summed E-state index contributed by atoms with van der Waals surface area (Å²) >= 11 is 1.74. The van der Waals surface area contributed by atoms with Gasteiger partial charge in [-0.1, -0.05) is 30.4 Å². The molecule has 4 heteroatoms. The SMILES string of the molecule is O=C1[C@@H]2[C@@H](C(=O)N1c1ccc3sc4ccccc4c3c1)[C@H]1C=C[C@H]2C1. The summed E-state index contributed by atoms with van der Waals surface area (Å²) in [6.45, 7) is 0. The zero-order valence-corrected chi connectivity index (χ0v) is 14.2. The van der Waals surface area contributed by atoms with Gasteiger partial charge in [0, 0.05) is 20.2 Å². The summed E-state index contributed by atoms with van der Waals surface area (Å²) in [6, 6.07) is 14.3. The van der Waals surface area contributed by atoms with E-state index < -0.39 is 0 Å². The standard InChI is InChI=1S/C21H15NO2S/c23-20-18-11-5-6-12(9-11)19(18)21(24)22(20)13-7-8-17-15(10-13)14-3-1-2-4-16(14)25-17/h1-8,10-12,18-19H,9H2/t11-,12-,18-,19-/m0/s1. The van der Waals surface area contributed by atoms with E-state index >= 15 is 0 Å². The number of hydrogen-bond acceptors (Lipinski definition) is 3. The van der Waals surface area contributed by atoms with E-state index in [0.717, 1.165) is 17.5 Å². The van der Waals surface area contributed by atoms with Crippen molar-refractivity contribution in [3.05, 3.63) is 54.6 Å². The van der Waals surface area contributed by atoms with E-state index in [0.29, 0.717) is 0 Å². The third kappa shape index (κ3) is 1.65. The third-order valence-electron chi connectivity index (χ3n) is 6.09. The molecule has 2 aliphatic carbocycles. The Hall–Kier alpha value is -2.46. The van der Waals surface area contributed by atoms with E-state index in [1.54, 1.807) is 11.3 Å². The molecule has 2 amide bonds. The van der Waals surface area contributed by atoms with Crippen molar-refractivity contribution in [3.63, 3.8) is 0 Å². The minimum absolute atomic E-state index is 0.00858. The van der Waals surface area contributed by atoms with E-state index in [2.05, 4.69) is 24.3 Å². The Morgan fingerprint density at radius 3 is 2.28 bits per heavy atom. The maximum Gasteiger partial charge on any atom is 0.238 e. The number of thiophene rings is 1. The van der Waals surface area contributed by atoms with Gasteiger partial charge in [0.1, 0.15) is 0 Å². The largest absolute Gasteiger partial charge is 0.274 e. The number of amides is 2. The summed E-state index contributed by atoms with van der Waals surface area (Å²) in [4.78, 5) is 27.5. The Morgan fingerprint density at radius 2 is 1.52 bits per heavy atom. The van der Waals surface area contributed by atoms with Crippen molar-refractivity contribution >= 4 is 49.0 Å². The van der Waals surface area contributed by atoms with Crippen LogP contribution in [-0.4, -0.2) is 11.8 Å². The Balaban J connectivity index is 1.50. The van der Waals surface area contributed by atoms with E-state index in [1.807, 2.05) is 30.3 Å². The molecule has 0 radical (unpaired) electrons. The van der Waals surface area contributed by atoms with E-state index in [9.17, 15) is 9.59 Å². The summed E-state index contributed by atoms with van der Waals surface area (Å²) in [5, 5.41) is 2.31. The van der Waals surface area contributed by atoms with Crippen LogP contribution < -0.4 is 4.90 Å². The number of carbonyl (C=O) groups is 2. The monoisotopic (exact) mass is 345 g/mol. The fourth-order valence-electron chi connectivity index (χ4n) is 5.01. The van der Waals surface area contributed by atoms with Crippen LogP contribution in [0.1, 0.15) is 6.42 Å². The number of nitrogens with zero attached hydrogens (tertiary/aromatic N) is 1. The number of rotatable bonds is 1. The second kappa shape index (κ2) is 4.58. The summed E-state index contributed by atoms with van der Waals surface area (Å²) in [7, 11) is 0. The minimum atomic E-state index is -0.141. The van der Waals surface area contributed by atoms with Gasteiger partial charge in [0.2, 0.25) is 11.8 Å². The van der Waals surface area contributed by atoms with Crippen molar-refractivity contribution in [3.8, 4) is 0 Å². The van der Waals surface area contributed by atoms with Crippen molar-refractivity contribution < 1.29 is 9.59 Å². The predicted octanol–water partition coefficient (Wildman–Crippen LogP) is 4.37. The molecule has 25 heavy (non-hydrogen) atoms. The van der Waals surface area contributed by atoms with Crippen LogP contribution in [0.2, 0.25) is 0 Å². The van der Waals surface area contributed by atoms with Crippen LogP contribution in [0.3, 0.4) is 0 Å². The lowest BCUT2D eigenvalue weighted by Crippen LogP contribution is -2.32. The molecular weight excluding hydrogens is 330 g/mol. The first-order valence-electron chi connectivity index (χ1n) is 8.70. The molecule has 1 saturated carbocycles. The maximum absolute atomic E-state index is 13.0. The Morgan fingerprint density at radius 1 is 0.840 bits per heavy atom. The van der Waals surface area contributed by atoms with Gasteiger partial charge < -0.3 is 0 Å². The van der Waals surface area contributed by atoms with Gasteiger partial charge in [0.25, 0.3) is 0 Å². The third-order valence-corrected chi connectivity index (χ3v) is 7.24. The Bertz CT molecular complexity index is 1080. The summed E-state index contributed by atoms with van der Waals surface area (Å²) < 4.78 is 2.42. The number of anilines is 1. The van der Waals surface area contributed by atoms with Gasteiger partial charge in [-0.15, -0.1) is 11.3 Å². The molecule has 3 aromatic rings. The van der Waals surface area contributed by atoms with Crippen molar-refractivity contribution in [2.75, 3.05) is 4.90 Å². The number of carbonyl (C=O) groups excluding carboxylic acids is 2. The number of fused-ring (bicyclic) bond motifs is 8. The van der Waals surface area contributed by atoms with Gasteiger partial charge in [-0.2, -0.15) is 0 Å². The van der Waals surface area contributed by atoms with Crippen LogP contribution in [0.5, 0.6) is 0 Å². The lowest BCUT2D eigenvalue weighted by Gasteiger charge is -2.17. The second-order valence-corrected chi connectivity index (χ2v) is 8.37. The molecule has 2 bridgehead atoms. The van der Waals surface area contributed by atoms with Crippen molar-refractivity contribution in [2.24, 2.45) is 23.7 Å². The van der Waals surface area contributed by atoms with Gasteiger partial charge in [-0.3, -0.25) is 9.59 Å². The normalized spacial score (nSPS) is 30.2. The second-order valence-electron chi connectivity index (χ2n) is 7.29. The van der Waals surface area contributed by atoms with E-state index in [4.69, 9.17) is 0 Å². The first-order valence-corrected chi connectivity index (χ1v) is 9.51. The smallest absolute Gasteiger partial charge is 0.238 e. The number of benzene rings is 2. The average Bonchev–Trinajstić information content (AvgIpc) is 3.37. The molecule has 2 aromatic carbocycles. The molecule has 2 heterocycles. The molecule has 3 nitrogen and oxygen atoms in total. The minimum Gasteiger partial charge on any atom is -0.274 e. The zero-order chi connectivity index (χ0) is 16.7. The maximum atomic E-state index is 13.0. The highest BCUT2D eigenvalue weighted by molar-refractivity contribution is 7.25. The zero-order valence-electron chi connectivity index (χ0n) is 13.4. The highest BCUT2D eigenvalue weighted by Gasteiger charge is 2.59. The highest BCUT2D eigenvalue weighted by atomic mass is 32.1. The van der Waals surface area contributed by atoms with E-state index in [-0.39, 0.29) is 35.5 Å². The van der Waals surface area contributed by atoms with Crippen molar-refractivity contribution in [1.82, 2.24) is 0 Å². The molecule has 0 spiro atoms. The lowest BCUT2D eigenvalue weighted by atomic mass is 9.85. The van der Waals surface area contributed by atoms with E-state index in [1.165, 1.54) is 19.7 Å². The van der Waals surface area contributed by atoms with Crippen molar-refractivity contribution in [2.45, 2.75) is 6.42 Å². The van der Waals surface area contributed by atoms with Crippen LogP contribution in [0.4, 0.5) is 5.69 Å². The molecule has 0 N–H and O–H groups in total. The molecule has 3 aliphatic rings. The molecule has 1 aromatic heterocycles. The average molecular weight is 345 g/mol. The molecule has 0 unspecified atom stereocenters. The van der Waals surface area contributed by atoms with Crippen molar-refractivity contribution in [1.29, 1.82) is 0 Å². The molecule has 1 aliphatic heterocycles. The molecule has 4 atom stereocenters. The molecule has 1 saturated heterocycles. The summed E-state index contributed by atoms with van der Waals surface area (Å²) in [6.07, 6.45) is 5.24. The van der Waals surface area contributed by atoms with Gasteiger partial charge >= 0.3 is 0 Å². The Kier molecular flexibility index (Phi) is 2.53.